The van der Waals surface area contributed by atoms with E-state index in [-0.39, 0.29) is 5.76 Å². The number of halogens is 1. The number of nitrogens with one attached hydrogen (secondary N) is 1. The van der Waals surface area contributed by atoms with Crippen LogP contribution in [-0.2, 0) is 19.9 Å². The Morgan fingerprint density at radius 3 is 2.76 bits per heavy atom. The number of primary amides is 1. The molecule has 2 amide bonds. The number of amides is 2. The Hall–Kier alpha value is -2.01. The van der Waals surface area contributed by atoms with Gasteiger partial charge >= 0.3 is 0 Å². The fourth-order valence-corrected chi connectivity index (χ4v) is 2.27. The molecule has 21 heavy (non-hydrogen) atoms. The van der Waals surface area contributed by atoms with Gasteiger partial charge in [-0.05, 0) is 43.5 Å². The summed E-state index contributed by atoms with van der Waals surface area (Å²) in [7, 11) is 0. The van der Waals surface area contributed by atoms with Crippen LogP contribution in [0.4, 0.5) is 0 Å². The smallest absolute Gasteiger partial charge is 0.287 e. The number of ether oxygens (including phenoxy) is 1. The van der Waals surface area contributed by atoms with Crippen molar-refractivity contribution < 1.29 is 14.3 Å². The predicted molar refractivity (Wildman–Crippen MR) is 79.4 cm³/mol. The van der Waals surface area contributed by atoms with E-state index in [4.69, 9.17) is 22.1 Å². The minimum atomic E-state index is -1.36. The van der Waals surface area contributed by atoms with E-state index in [1.807, 2.05) is 0 Å². The normalized spacial score (nSPS) is 17.1. The molecule has 3 N–H and O–H groups in total. The fourth-order valence-electron chi connectivity index (χ4n) is 2.08. The molecule has 0 fully saturated rings. The van der Waals surface area contributed by atoms with Crippen molar-refractivity contribution in [2.45, 2.75) is 25.3 Å². The summed E-state index contributed by atoms with van der Waals surface area (Å²) in [5.74, 6) is -0.916. The van der Waals surface area contributed by atoms with Gasteiger partial charge in [0.15, 0.2) is 5.76 Å². The SMILES string of the molecule is CC(NC(=O)C1=CCCCO1)(C(N)=O)c1cccc(Cl)c1. The standard InChI is InChI=1S/C15H17ClN2O3/c1-15(14(17)20,10-5-4-6-11(16)9-10)18-13(19)12-7-2-3-8-21-12/h4-7,9H,2-3,8H2,1H3,(H2,17,20)(H,18,19). The maximum atomic E-state index is 12.2. The third-order valence-corrected chi connectivity index (χ3v) is 3.65. The first kappa shape index (κ1) is 15.4. The van der Waals surface area contributed by atoms with Crippen LogP contribution in [0.3, 0.4) is 0 Å². The predicted octanol–water partition coefficient (Wildman–Crippen LogP) is 1.85. The lowest BCUT2D eigenvalue weighted by Crippen LogP contribution is -2.53. The molecule has 1 heterocycles. The summed E-state index contributed by atoms with van der Waals surface area (Å²) in [6.07, 6.45) is 3.35. The average molecular weight is 309 g/mol. The number of carbonyl (C=O) groups excluding carboxylic acids is 2. The first-order valence-electron chi connectivity index (χ1n) is 6.65. The Bertz CT molecular complexity index is 600. The molecule has 1 atom stereocenters. The second kappa shape index (κ2) is 6.18. The second-order valence-corrected chi connectivity index (χ2v) is 5.45. The van der Waals surface area contributed by atoms with Gasteiger partial charge in [0.05, 0.1) is 6.61 Å². The largest absolute Gasteiger partial charge is 0.488 e. The molecule has 1 aromatic carbocycles. The topological polar surface area (TPSA) is 81.4 Å². The number of allylic oxidation sites excluding steroid dienone is 1. The van der Waals surface area contributed by atoms with Gasteiger partial charge < -0.3 is 15.8 Å². The third-order valence-electron chi connectivity index (χ3n) is 3.42. The van der Waals surface area contributed by atoms with Gasteiger partial charge in [0.1, 0.15) is 5.54 Å². The molecule has 1 aromatic rings. The van der Waals surface area contributed by atoms with Crippen molar-refractivity contribution in [2.75, 3.05) is 6.61 Å². The van der Waals surface area contributed by atoms with E-state index in [1.54, 1.807) is 37.3 Å². The van der Waals surface area contributed by atoms with E-state index in [1.165, 1.54) is 0 Å². The Balaban J connectivity index is 2.28. The molecule has 0 aliphatic carbocycles. The molecule has 112 valence electrons. The highest BCUT2D eigenvalue weighted by molar-refractivity contribution is 6.30. The molecule has 0 radical (unpaired) electrons. The molecule has 1 aliphatic rings. The Morgan fingerprint density at radius 2 is 2.19 bits per heavy atom. The second-order valence-electron chi connectivity index (χ2n) is 5.01. The van der Waals surface area contributed by atoms with Crippen molar-refractivity contribution >= 4 is 23.4 Å². The van der Waals surface area contributed by atoms with E-state index in [9.17, 15) is 9.59 Å². The van der Waals surface area contributed by atoms with Gasteiger partial charge in [-0.1, -0.05) is 23.7 Å². The Morgan fingerprint density at radius 1 is 1.43 bits per heavy atom. The van der Waals surface area contributed by atoms with Gasteiger partial charge in [0.2, 0.25) is 5.91 Å². The lowest BCUT2D eigenvalue weighted by atomic mass is 9.91. The van der Waals surface area contributed by atoms with Crippen molar-refractivity contribution in [3.05, 3.63) is 46.7 Å². The lowest BCUT2D eigenvalue weighted by molar-refractivity contribution is -0.131. The van der Waals surface area contributed by atoms with Gasteiger partial charge in [0, 0.05) is 5.02 Å². The van der Waals surface area contributed by atoms with Crippen molar-refractivity contribution in [2.24, 2.45) is 5.73 Å². The molecule has 5 nitrogen and oxygen atoms in total. The molecule has 1 aliphatic heterocycles. The first-order chi connectivity index (χ1) is 9.93. The summed E-state index contributed by atoms with van der Waals surface area (Å²) >= 11 is 5.94. The number of carbonyl (C=O) groups is 2. The molecule has 2 rings (SSSR count). The number of benzene rings is 1. The molecule has 0 saturated carbocycles. The Labute approximate surface area is 128 Å². The van der Waals surface area contributed by atoms with Gasteiger partial charge in [-0.15, -0.1) is 0 Å². The number of rotatable bonds is 4. The van der Waals surface area contributed by atoms with E-state index < -0.39 is 17.4 Å². The summed E-state index contributed by atoms with van der Waals surface area (Å²) in [4.78, 5) is 24.1. The zero-order chi connectivity index (χ0) is 15.5. The molecule has 0 bridgehead atoms. The van der Waals surface area contributed by atoms with Crippen LogP contribution in [0.5, 0.6) is 0 Å². The minimum Gasteiger partial charge on any atom is -0.488 e. The maximum absolute atomic E-state index is 12.2. The zero-order valence-corrected chi connectivity index (χ0v) is 12.4. The molecular weight excluding hydrogens is 292 g/mol. The number of hydrogen-bond acceptors (Lipinski definition) is 3. The van der Waals surface area contributed by atoms with Crippen molar-refractivity contribution in [1.29, 1.82) is 0 Å². The highest BCUT2D eigenvalue weighted by Crippen LogP contribution is 2.24. The van der Waals surface area contributed by atoms with Crippen LogP contribution in [0.1, 0.15) is 25.3 Å². The van der Waals surface area contributed by atoms with Crippen LogP contribution in [-0.4, -0.2) is 18.4 Å². The molecule has 0 spiro atoms. The van der Waals surface area contributed by atoms with Gasteiger partial charge in [-0.3, -0.25) is 9.59 Å². The van der Waals surface area contributed by atoms with E-state index in [2.05, 4.69) is 5.32 Å². The quantitative estimate of drug-likeness (QED) is 0.890. The highest BCUT2D eigenvalue weighted by Gasteiger charge is 2.36. The Kier molecular flexibility index (Phi) is 4.53. The van der Waals surface area contributed by atoms with E-state index in [0.29, 0.717) is 17.2 Å². The van der Waals surface area contributed by atoms with Crippen LogP contribution in [0.15, 0.2) is 36.1 Å². The van der Waals surface area contributed by atoms with Gasteiger partial charge in [-0.2, -0.15) is 0 Å². The maximum Gasteiger partial charge on any atom is 0.287 e. The summed E-state index contributed by atoms with van der Waals surface area (Å²) < 4.78 is 5.30. The van der Waals surface area contributed by atoms with Crippen LogP contribution in [0.2, 0.25) is 5.02 Å². The first-order valence-corrected chi connectivity index (χ1v) is 7.02. The van der Waals surface area contributed by atoms with Crippen LogP contribution in [0.25, 0.3) is 0 Å². The lowest BCUT2D eigenvalue weighted by Gasteiger charge is -2.29. The van der Waals surface area contributed by atoms with Crippen molar-refractivity contribution in [1.82, 2.24) is 5.32 Å². The van der Waals surface area contributed by atoms with Crippen LogP contribution < -0.4 is 11.1 Å². The van der Waals surface area contributed by atoms with E-state index >= 15 is 0 Å². The minimum absolute atomic E-state index is 0.218. The summed E-state index contributed by atoms with van der Waals surface area (Å²) in [5, 5.41) is 3.10. The average Bonchev–Trinajstić information content (AvgIpc) is 2.47. The van der Waals surface area contributed by atoms with Crippen molar-refractivity contribution in [3.63, 3.8) is 0 Å². The zero-order valence-electron chi connectivity index (χ0n) is 11.7. The summed E-state index contributed by atoms with van der Waals surface area (Å²) in [5.41, 5.74) is 4.64. The van der Waals surface area contributed by atoms with Crippen molar-refractivity contribution in [3.8, 4) is 0 Å². The molecule has 0 saturated heterocycles. The third kappa shape index (κ3) is 3.36. The number of hydrogen-bond donors (Lipinski definition) is 2. The van der Waals surface area contributed by atoms with Gasteiger partial charge in [-0.25, -0.2) is 0 Å². The summed E-state index contributed by atoms with van der Waals surface area (Å²) in [6.45, 7) is 2.03. The number of nitrogens with two attached hydrogens (primary N) is 1. The van der Waals surface area contributed by atoms with Crippen LogP contribution >= 0.6 is 11.6 Å². The van der Waals surface area contributed by atoms with Gasteiger partial charge in [0.25, 0.3) is 5.91 Å². The fraction of sp³-hybridized carbons (Fsp3) is 0.333. The molecule has 6 heteroatoms. The van der Waals surface area contributed by atoms with E-state index in [0.717, 1.165) is 12.8 Å². The summed E-state index contributed by atoms with van der Waals surface area (Å²) in [6, 6.07) is 6.66. The molecular formula is C15H17ClN2O3. The highest BCUT2D eigenvalue weighted by atomic mass is 35.5. The molecule has 1 unspecified atom stereocenters. The monoisotopic (exact) mass is 308 g/mol. The van der Waals surface area contributed by atoms with Crippen LogP contribution in [0, 0.1) is 0 Å². The molecule has 0 aromatic heterocycles.